The highest BCUT2D eigenvalue weighted by molar-refractivity contribution is 5.41. The number of piperidine rings is 1. The Morgan fingerprint density at radius 3 is 2.64 bits per heavy atom. The maximum absolute atomic E-state index is 12.0. The van der Waals surface area contributed by atoms with Crippen LogP contribution in [0.1, 0.15) is 11.1 Å². The van der Waals surface area contributed by atoms with Gasteiger partial charge in [-0.2, -0.15) is 4.98 Å². The first-order valence-corrected chi connectivity index (χ1v) is 8.94. The fourth-order valence-corrected chi connectivity index (χ4v) is 4.27. The number of hydrogen-bond donors (Lipinski definition) is 2. The minimum atomic E-state index is -0.349. The second-order valence-corrected chi connectivity index (χ2v) is 7.35. The average Bonchev–Trinajstić information content (AvgIpc) is 3.06. The van der Waals surface area contributed by atoms with E-state index in [9.17, 15) is 4.79 Å². The standard InChI is InChI=1S/C19H25N5O/c1-12-8-14(24-7-5-18(21)22-19(24)25)3-2-13(12)4-6-23-10-16-15(9-20)17(16)11-23/h2-3,5,7-8,15-17H,4,6,9-11,20H2,1H3,(H2,21,22,25)/t15?,16-,17+. The van der Waals surface area contributed by atoms with Crippen molar-refractivity contribution in [3.05, 3.63) is 52.1 Å². The number of likely N-dealkylation sites (tertiary alicyclic amines) is 1. The molecule has 0 bridgehead atoms. The van der Waals surface area contributed by atoms with Gasteiger partial charge in [-0.25, -0.2) is 4.79 Å². The Morgan fingerprint density at radius 1 is 1.24 bits per heavy atom. The van der Waals surface area contributed by atoms with E-state index in [1.54, 1.807) is 12.3 Å². The van der Waals surface area contributed by atoms with Crippen molar-refractivity contribution in [2.45, 2.75) is 13.3 Å². The number of nitrogens with zero attached hydrogens (tertiary/aromatic N) is 3. The normalized spacial score (nSPS) is 25.1. The van der Waals surface area contributed by atoms with Crippen LogP contribution in [-0.4, -0.2) is 40.6 Å². The van der Waals surface area contributed by atoms with Crippen molar-refractivity contribution in [1.82, 2.24) is 14.5 Å². The molecule has 1 unspecified atom stereocenters. The monoisotopic (exact) mass is 339 g/mol. The van der Waals surface area contributed by atoms with Crippen LogP contribution in [0.4, 0.5) is 5.82 Å². The van der Waals surface area contributed by atoms with Gasteiger partial charge in [-0.05, 0) is 67.0 Å². The third-order valence-electron chi connectivity index (χ3n) is 5.85. The Bertz CT molecular complexity index is 834. The third kappa shape index (κ3) is 3.07. The summed E-state index contributed by atoms with van der Waals surface area (Å²) in [5.41, 5.74) is 14.3. The van der Waals surface area contributed by atoms with Gasteiger partial charge in [0.2, 0.25) is 0 Å². The summed E-state index contributed by atoms with van der Waals surface area (Å²) >= 11 is 0. The van der Waals surface area contributed by atoms with E-state index in [0.717, 1.165) is 43.0 Å². The highest BCUT2D eigenvalue weighted by Crippen LogP contribution is 2.50. The second-order valence-electron chi connectivity index (χ2n) is 7.35. The van der Waals surface area contributed by atoms with Gasteiger partial charge in [0.25, 0.3) is 0 Å². The lowest BCUT2D eigenvalue weighted by Gasteiger charge is -2.19. The number of nitrogens with two attached hydrogens (primary N) is 2. The maximum atomic E-state index is 12.0. The summed E-state index contributed by atoms with van der Waals surface area (Å²) in [6, 6.07) is 7.78. The predicted octanol–water partition coefficient (Wildman–Crippen LogP) is 0.802. The topological polar surface area (TPSA) is 90.2 Å². The first-order valence-electron chi connectivity index (χ1n) is 8.94. The van der Waals surface area contributed by atoms with Gasteiger partial charge in [-0.3, -0.25) is 4.57 Å². The van der Waals surface area contributed by atoms with E-state index in [1.807, 2.05) is 12.1 Å². The molecule has 1 aromatic carbocycles. The van der Waals surface area contributed by atoms with Crippen LogP contribution in [0.5, 0.6) is 0 Å². The lowest BCUT2D eigenvalue weighted by molar-refractivity contribution is 0.290. The number of aromatic nitrogens is 2. The van der Waals surface area contributed by atoms with Gasteiger partial charge in [0.15, 0.2) is 0 Å². The van der Waals surface area contributed by atoms with Gasteiger partial charge in [0, 0.05) is 25.8 Å². The van der Waals surface area contributed by atoms with Gasteiger partial charge >= 0.3 is 5.69 Å². The molecular formula is C19H25N5O. The zero-order valence-electron chi connectivity index (χ0n) is 14.6. The lowest BCUT2D eigenvalue weighted by atomic mass is 10.0. The van der Waals surface area contributed by atoms with Crippen molar-refractivity contribution in [2.24, 2.45) is 23.5 Å². The minimum absolute atomic E-state index is 0.245. The Kier molecular flexibility index (Phi) is 4.09. The van der Waals surface area contributed by atoms with Crippen LogP contribution in [0.25, 0.3) is 5.69 Å². The molecule has 0 amide bonds. The van der Waals surface area contributed by atoms with E-state index in [1.165, 1.54) is 28.8 Å². The number of benzene rings is 1. The number of fused-ring (bicyclic) bond motifs is 1. The molecule has 6 nitrogen and oxygen atoms in total. The van der Waals surface area contributed by atoms with Gasteiger partial charge in [-0.1, -0.05) is 6.07 Å². The molecule has 2 heterocycles. The molecule has 1 aromatic heterocycles. The van der Waals surface area contributed by atoms with Gasteiger partial charge in [-0.15, -0.1) is 0 Å². The summed E-state index contributed by atoms with van der Waals surface area (Å²) in [7, 11) is 0. The van der Waals surface area contributed by atoms with Crippen molar-refractivity contribution in [1.29, 1.82) is 0 Å². The van der Waals surface area contributed by atoms with Crippen molar-refractivity contribution in [3.63, 3.8) is 0 Å². The van der Waals surface area contributed by atoms with E-state index >= 15 is 0 Å². The number of nitrogen functional groups attached to an aromatic ring is 1. The smallest absolute Gasteiger partial charge is 0.354 e. The summed E-state index contributed by atoms with van der Waals surface area (Å²) in [6.45, 7) is 6.45. The fraction of sp³-hybridized carbons (Fsp3) is 0.474. The van der Waals surface area contributed by atoms with Crippen LogP contribution < -0.4 is 17.2 Å². The summed E-state index contributed by atoms with van der Waals surface area (Å²) in [5, 5.41) is 0. The Balaban J connectivity index is 1.41. The molecule has 1 aliphatic carbocycles. The van der Waals surface area contributed by atoms with E-state index in [4.69, 9.17) is 11.5 Å². The van der Waals surface area contributed by atoms with Crippen LogP contribution >= 0.6 is 0 Å². The molecule has 1 saturated heterocycles. The molecule has 1 saturated carbocycles. The van der Waals surface area contributed by atoms with Crippen LogP contribution in [0.2, 0.25) is 0 Å². The minimum Gasteiger partial charge on any atom is -0.383 e. The van der Waals surface area contributed by atoms with Crippen molar-refractivity contribution >= 4 is 5.82 Å². The maximum Gasteiger partial charge on any atom is 0.354 e. The third-order valence-corrected chi connectivity index (χ3v) is 5.85. The van der Waals surface area contributed by atoms with Crippen LogP contribution in [0.15, 0.2) is 35.3 Å². The number of aryl methyl sites for hydroxylation is 1. The molecule has 3 atom stereocenters. The van der Waals surface area contributed by atoms with Crippen LogP contribution in [0, 0.1) is 24.7 Å². The number of hydrogen-bond acceptors (Lipinski definition) is 5. The van der Waals surface area contributed by atoms with E-state index in [2.05, 4.69) is 22.9 Å². The molecule has 2 aliphatic rings. The molecule has 6 heteroatoms. The average molecular weight is 339 g/mol. The molecule has 4 rings (SSSR count). The van der Waals surface area contributed by atoms with Crippen LogP contribution in [0.3, 0.4) is 0 Å². The molecule has 2 aromatic rings. The Labute approximate surface area is 147 Å². The lowest BCUT2D eigenvalue weighted by Crippen LogP contribution is -2.28. The highest BCUT2D eigenvalue weighted by atomic mass is 16.1. The summed E-state index contributed by atoms with van der Waals surface area (Å²) in [6.07, 6.45) is 2.71. The van der Waals surface area contributed by atoms with Gasteiger partial charge < -0.3 is 16.4 Å². The summed E-state index contributed by atoms with van der Waals surface area (Å²) in [5.74, 6) is 2.72. The van der Waals surface area contributed by atoms with Crippen molar-refractivity contribution in [2.75, 3.05) is 31.9 Å². The van der Waals surface area contributed by atoms with Gasteiger partial charge in [0.05, 0.1) is 5.69 Å². The second kappa shape index (κ2) is 6.28. The first kappa shape index (κ1) is 16.3. The van der Waals surface area contributed by atoms with E-state index in [-0.39, 0.29) is 11.5 Å². The molecular weight excluding hydrogens is 314 g/mol. The molecule has 0 spiro atoms. The number of anilines is 1. The molecule has 1 aliphatic heterocycles. The molecule has 4 N–H and O–H groups in total. The van der Waals surface area contributed by atoms with E-state index in [0.29, 0.717) is 0 Å². The Morgan fingerprint density at radius 2 is 2.00 bits per heavy atom. The Hall–Kier alpha value is -2.18. The first-order chi connectivity index (χ1) is 12.1. The zero-order valence-corrected chi connectivity index (χ0v) is 14.6. The van der Waals surface area contributed by atoms with E-state index < -0.39 is 0 Å². The van der Waals surface area contributed by atoms with Crippen molar-refractivity contribution < 1.29 is 0 Å². The zero-order chi connectivity index (χ0) is 17.6. The summed E-state index contributed by atoms with van der Waals surface area (Å²) in [4.78, 5) is 18.3. The fourth-order valence-electron chi connectivity index (χ4n) is 4.27. The largest absolute Gasteiger partial charge is 0.383 e. The van der Waals surface area contributed by atoms with Crippen molar-refractivity contribution in [3.8, 4) is 5.69 Å². The molecule has 0 radical (unpaired) electrons. The number of rotatable bonds is 5. The predicted molar refractivity (Wildman–Crippen MR) is 98.7 cm³/mol. The van der Waals surface area contributed by atoms with Crippen LogP contribution in [-0.2, 0) is 6.42 Å². The summed E-state index contributed by atoms with van der Waals surface area (Å²) < 4.78 is 1.52. The highest BCUT2D eigenvalue weighted by Gasteiger charge is 2.54. The molecule has 2 fully saturated rings. The SMILES string of the molecule is Cc1cc(-n2ccc(N)nc2=O)ccc1CCN1C[C@@H]2C(CN)[C@@H]2C1. The molecule has 25 heavy (non-hydrogen) atoms. The van der Waals surface area contributed by atoms with Gasteiger partial charge in [0.1, 0.15) is 5.82 Å². The molecule has 132 valence electrons. The quantitative estimate of drug-likeness (QED) is 0.841.